The van der Waals surface area contributed by atoms with Crippen LogP contribution in [0, 0.1) is 12.7 Å². The van der Waals surface area contributed by atoms with E-state index in [1.165, 1.54) is 40.4 Å². The number of fused-ring (bicyclic) bond motifs is 1. The first-order valence-electron chi connectivity index (χ1n) is 8.38. The summed E-state index contributed by atoms with van der Waals surface area (Å²) in [4.78, 5) is 31.5. The molecular weight excluding hydrogens is 363 g/mol. The molecule has 0 fully saturated rings. The van der Waals surface area contributed by atoms with Crippen LogP contribution in [0.15, 0.2) is 65.7 Å². The predicted molar refractivity (Wildman–Crippen MR) is 105 cm³/mol. The number of benzene rings is 2. The standard InChI is InChI=1S/C21H15FN2O2S/c1-13-18(14-7-3-2-4-8-14)19-20(27-13)23-12-24(21(19)26)11-17(25)15-9-5-6-10-16(15)22/h2-10,12H,11H2,1H3. The van der Waals surface area contributed by atoms with Crippen molar-refractivity contribution in [3.05, 3.63) is 87.5 Å². The van der Waals surface area contributed by atoms with Crippen LogP contribution in [0.4, 0.5) is 4.39 Å². The van der Waals surface area contributed by atoms with Crippen molar-refractivity contribution in [3.8, 4) is 11.1 Å². The van der Waals surface area contributed by atoms with Gasteiger partial charge in [0.25, 0.3) is 5.56 Å². The van der Waals surface area contributed by atoms with Gasteiger partial charge in [0.05, 0.1) is 23.8 Å². The number of hydrogen-bond donors (Lipinski definition) is 0. The minimum atomic E-state index is -0.596. The number of ketones is 1. The molecule has 0 aliphatic carbocycles. The first kappa shape index (κ1) is 17.3. The molecule has 4 rings (SSSR count). The molecule has 2 aromatic carbocycles. The molecule has 0 radical (unpaired) electrons. The molecule has 0 unspecified atom stereocenters. The van der Waals surface area contributed by atoms with Crippen LogP contribution in [-0.2, 0) is 6.54 Å². The van der Waals surface area contributed by atoms with E-state index < -0.39 is 11.6 Å². The van der Waals surface area contributed by atoms with Gasteiger partial charge in [-0.05, 0) is 24.6 Å². The molecule has 0 spiro atoms. The van der Waals surface area contributed by atoms with Crippen LogP contribution in [-0.4, -0.2) is 15.3 Å². The van der Waals surface area contributed by atoms with E-state index in [0.29, 0.717) is 10.2 Å². The SMILES string of the molecule is Cc1sc2ncn(CC(=O)c3ccccc3F)c(=O)c2c1-c1ccccc1. The minimum absolute atomic E-state index is 0.0331. The van der Waals surface area contributed by atoms with Gasteiger partial charge >= 0.3 is 0 Å². The van der Waals surface area contributed by atoms with Gasteiger partial charge in [0, 0.05) is 10.4 Å². The molecule has 4 nitrogen and oxygen atoms in total. The predicted octanol–water partition coefficient (Wildman–Crippen LogP) is 4.46. The normalized spacial score (nSPS) is 11.0. The Bertz CT molecular complexity index is 1210. The second-order valence-corrected chi connectivity index (χ2v) is 7.36. The van der Waals surface area contributed by atoms with Crippen LogP contribution in [0.5, 0.6) is 0 Å². The van der Waals surface area contributed by atoms with Crippen LogP contribution < -0.4 is 5.56 Å². The molecule has 0 saturated heterocycles. The zero-order valence-electron chi connectivity index (χ0n) is 14.5. The number of thiophene rings is 1. The van der Waals surface area contributed by atoms with E-state index in [9.17, 15) is 14.0 Å². The summed E-state index contributed by atoms with van der Waals surface area (Å²) < 4.78 is 15.1. The summed E-state index contributed by atoms with van der Waals surface area (Å²) in [6, 6.07) is 15.4. The van der Waals surface area contributed by atoms with Crippen molar-refractivity contribution < 1.29 is 9.18 Å². The van der Waals surface area contributed by atoms with E-state index in [2.05, 4.69) is 4.98 Å². The van der Waals surface area contributed by atoms with Crippen LogP contribution in [0.25, 0.3) is 21.3 Å². The molecule has 4 aromatic rings. The van der Waals surface area contributed by atoms with Gasteiger partial charge in [-0.15, -0.1) is 11.3 Å². The number of rotatable bonds is 4. The molecule has 0 saturated carbocycles. The Labute approximate surface area is 158 Å². The van der Waals surface area contributed by atoms with Gasteiger partial charge in [0.15, 0.2) is 5.78 Å². The Morgan fingerprint density at radius 3 is 2.56 bits per heavy atom. The molecular formula is C21H15FN2O2S. The number of carbonyl (C=O) groups is 1. The van der Waals surface area contributed by atoms with Gasteiger partial charge in [-0.3, -0.25) is 14.2 Å². The zero-order valence-corrected chi connectivity index (χ0v) is 15.3. The number of aromatic nitrogens is 2. The highest BCUT2D eigenvalue weighted by atomic mass is 32.1. The summed E-state index contributed by atoms with van der Waals surface area (Å²) in [6.45, 7) is 1.69. The summed E-state index contributed by atoms with van der Waals surface area (Å²) in [5, 5.41) is 0.493. The first-order valence-corrected chi connectivity index (χ1v) is 9.19. The van der Waals surface area contributed by atoms with Crippen molar-refractivity contribution >= 4 is 27.3 Å². The summed E-state index contributed by atoms with van der Waals surface area (Å²) in [5.74, 6) is -1.06. The van der Waals surface area contributed by atoms with Crippen molar-refractivity contribution in [1.82, 2.24) is 9.55 Å². The van der Waals surface area contributed by atoms with E-state index in [1.807, 2.05) is 37.3 Å². The Kier molecular flexibility index (Phi) is 4.41. The third kappa shape index (κ3) is 3.08. The third-order valence-electron chi connectivity index (χ3n) is 4.41. The molecule has 2 heterocycles. The largest absolute Gasteiger partial charge is 0.292 e. The summed E-state index contributed by atoms with van der Waals surface area (Å²) in [5.41, 5.74) is 1.43. The van der Waals surface area contributed by atoms with Gasteiger partial charge in [-0.2, -0.15) is 0 Å². The van der Waals surface area contributed by atoms with Crippen LogP contribution >= 0.6 is 11.3 Å². The molecule has 0 atom stereocenters. The summed E-state index contributed by atoms with van der Waals surface area (Å²) in [7, 11) is 0. The zero-order chi connectivity index (χ0) is 19.0. The molecule has 2 aromatic heterocycles. The summed E-state index contributed by atoms with van der Waals surface area (Å²) in [6.07, 6.45) is 1.36. The minimum Gasteiger partial charge on any atom is -0.292 e. The fourth-order valence-electron chi connectivity index (χ4n) is 3.13. The second kappa shape index (κ2) is 6.89. The van der Waals surface area contributed by atoms with E-state index in [1.54, 1.807) is 6.07 Å². The number of hydrogen-bond acceptors (Lipinski definition) is 4. The third-order valence-corrected chi connectivity index (χ3v) is 5.42. The van der Waals surface area contributed by atoms with E-state index in [-0.39, 0.29) is 17.7 Å². The first-order chi connectivity index (χ1) is 13.1. The average Bonchev–Trinajstić information content (AvgIpc) is 3.02. The Morgan fingerprint density at radius 1 is 1.11 bits per heavy atom. The summed E-state index contributed by atoms with van der Waals surface area (Å²) >= 11 is 1.44. The number of Topliss-reactive ketones (excluding diaryl/α,β-unsaturated/α-hetero) is 1. The molecule has 0 amide bonds. The lowest BCUT2D eigenvalue weighted by Crippen LogP contribution is -2.25. The fourth-order valence-corrected chi connectivity index (χ4v) is 4.13. The van der Waals surface area contributed by atoms with Crippen LogP contribution in [0.1, 0.15) is 15.2 Å². The number of carbonyl (C=O) groups excluding carboxylic acids is 1. The van der Waals surface area contributed by atoms with Crippen molar-refractivity contribution in [2.45, 2.75) is 13.5 Å². The fraction of sp³-hybridized carbons (Fsp3) is 0.0952. The van der Waals surface area contributed by atoms with Gasteiger partial charge < -0.3 is 0 Å². The van der Waals surface area contributed by atoms with E-state index in [0.717, 1.165) is 16.0 Å². The lowest BCUT2D eigenvalue weighted by atomic mass is 10.0. The number of nitrogens with zero attached hydrogens (tertiary/aromatic N) is 2. The number of aryl methyl sites for hydroxylation is 1. The van der Waals surface area contributed by atoms with Gasteiger partial charge in [-0.1, -0.05) is 42.5 Å². The maximum atomic E-state index is 13.9. The van der Waals surface area contributed by atoms with Gasteiger partial charge in [0.2, 0.25) is 0 Å². The highest BCUT2D eigenvalue weighted by Crippen LogP contribution is 2.35. The van der Waals surface area contributed by atoms with E-state index >= 15 is 0 Å². The lowest BCUT2D eigenvalue weighted by Gasteiger charge is -2.07. The molecule has 134 valence electrons. The Hall–Kier alpha value is -3.12. The van der Waals surface area contributed by atoms with Crippen molar-refractivity contribution in [1.29, 1.82) is 0 Å². The van der Waals surface area contributed by atoms with E-state index in [4.69, 9.17) is 0 Å². The van der Waals surface area contributed by atoms with Crippen LogP contribution in [0.3, 0.4) is 0 Å². The average molecular weight is 378 g/mol. The van der Waals surface area contributed by atoms with Crippen LogP contribution in [0.2, 0.25) is 0 Å². The quantitative estimate of drug-likeness (QED) is 0.493. The molecule has 6 heteroatoms. The maximum absolute atomic E-state index is 13.9. The molecule has 27 heavy (non-hydrogen) atoms. The molecule has 0 bridgehead atoms. The maximum Gasteiger partial charge on any atom is 0.263 e. The number of halogens is 1. The highest BCUT2D eigenvalue weighted by molar-refractivity contribution is 7.19. The molecule has 0 aliphatic heterocycles. The Balaban J connectivity index is 1.82. The van der Waals surface area contributed by atoms with Gasteiger partial charge in [0.1, 0.15) is 10.6 Å². The lowest BCUT2D eigenvalue weighted by molar-refractivity contribution is 0.0966. The Morgan fingerprint density at radius 2 is 1.81 bits per heavy atom. The molecule has 0 N–H and O–H groups in total. The highest BCUT2D eigenvalue weighted by Gasteiger charge is 2.18. The van der Waals surface area contributed by atoms with Crippen molar-refractivity contribution in [2.24, 2.45) is 0 Å². The van der Waals surface area contributed by atoms with Crippen molar-refractivity contribution in [3.63, 3.8) is 0 Å². The second-order valence-electron chi connectivity index (χ2n) is 6.16. The molecule has 0 aliphatic rings. The smallest absolute Gasteiger partial charge is 0.263 e. The topological polar surface area (TPSA) is 52.0 Å². The van der Waals surface area contributed by atoms with Gasteiger partial charge in [-0.25, -0.2) is 9.37 Å². The monoisotopic (exact) mass is 378 g/mol. The van der Waals surface area contributed by atoms with Crippen molar-refractivity contribution in [2.75, 3.05) is 0 Å².